The monoisotopic (exact) mass is 449 g/mol. The van der Waals surface area contributed by atoms with Gasteiger partial charge < -0.3 is 14.2 Å². The van der Waals surface area contributed by atoms with Gasteiger partial charge >= 0.3 is 0 Å². The van der Waals surface area contributed by atoms with E-state index in [1.165, 1.54) is 0 Å². The van der Waals surface area contributed by atoms with E-state index < -0.39 is 0 Å². The van der Waals surface area contributed by atoms with Gasteiger partial charge in [-0.2, -0.15) is 4.98 Å². The maximum absolute atomic E-state index is 12.8. The van der Waals surface area contributed by atoms with Crippen molar-refractivity contribution in [3.63, 3.8) is 0 Å². The number of carbonyl (C=O) groups is 1. The van der Waals surface area contributed by atoms with Gasteiger partial charge in [0.15, 0.2) is 6.61 Å². The molecular formula is C23H16ClN3O3S. The summed E-state index contributed by atoms with van der Waals surface area (Å²) in [7, 11) is 1.78. The number of hydrogen-bond donors (Lipinski definition) is 0. The maximum atomic E-state index is 12.8. The van der Waals surface area contributed by atoms with Crippen molar-refractivity contribution in [1.29, 1.82) is 0 Å². The first-order valence-corrected chi connectivity index (χ1v) is 10.7. The molecule has 1 aliphatic heterocycles. The second-order valence-electron chi connectivity index (χ2n) is 6.90. The molecule has 6 nitrogen and oxygen atoms in total. The molecule has 0 radical (unpaired) electrons. The molecule has 8 heteroatoms. The third kappa shape index (κ3) is 3.89. The molecule has 0 atom stereocenters. The summed E-state index contributed by atoms with van der Waals surface area (Å²) in [6.07, 6.45) is 0. The van der Waals surface area contributed by atoms with E-state index in [9.17, 15) is 4.79 Å². The summed E-state index contributed by atoms with van der Waals surface area (Å²) >= 11 is 7.44. The van der Waals surface area contributed by atoms with Crippen molar-refractivity contribution in [2.75, 3.05) is 11.9 Å². The smallest absolute Gasteiger partial charge is 0.264 e. The molecule has 31 heavy (non-hydrogen) atoms. The molecular weight excluding hydrogens is 434 g/mol. The van der Waals surface area contributed by atoms with E-state index in [2.05, 4.69) is 10.1 Å². The quantitative estimate of drug-likeness (QED) is 0.397. The predicted octanol–water partition coefficient (Wildman–Crippen LogP) is 5.71. The maximum Gasteiger partial charge on any atom is 0.264 e. The van der Waals surface area contributed by atoms with E-state index in [4.69, 9.17) is 20.9 Å². The first kappa shape index (κ1) is 19.7. The summed E-state index contributed by atoms with van der Waals surface area (Å²) in [4.78, 5) is 20.8. The Labute approximate surface area is 187 Å². The number of carbonyl (C=O) groups excluding carboxylic acids is 1. The van der Waals surface area contributed by atoms with Crippen molar-refractivity contribution in [2.45, 2.75) is 16.4 Å². The third-order valence-electron chi connectivity index (χ3n) is 4.87. The van der Waals surface area contributed by atoms with Crippen LogP contribution >= 0.6 is 23.4 Å². The number of fused-ring (bicyclic) bond motifs is 2. The average Bonchev–Trinajstić information content (AvgIpc) is 3.23. The van der Waals surface area contributed by atoms with E-state index in [-0.39, 0.29) is 12.5 Å². The van der Waals surface area contributed by atoms with Crippen LogP contribution in [0.2, 0.25) is 5.02 Å². The minimum Gasteiger partial charge on any atom is -0.484 e. The standard InChI is InChI=1S/C23H16ClN3O3S/c1-27-18-11-6-14(12-20(18)31-19-5-3-2-4-17(19)23(27)28)22-25-21(30-26-22)13-29-16-9-7-15(24)8-10-16/h2-12H,13H2,1H3. The average molecular weight is 450 g/mol. The number of amides is 1. The molecule has 1 aromatic heterocycles. The Balaban J connectivity index is 1.40. The molecule has 0 saturated carbocycles. The molecule has 0 N–H and O–H groups in total. The Morgan fingerprint density at radius 3 is 2.71 bits per heavy atom. The molecule has 3 aromatic carbocycles. The fraction of sp³-hybridized carbons (Fsp3) is 0.0870. The Bertz CT molecular complexity index is 1270. The SMILES string of the molecule is CN1C(=O)c2ccccc2Sc2cc(-c3noc(COc4ccc(Cl)cc4)n3)ccc21. The molecule has 0 aliphatic carbocycles. The Morgan fingerprint density at radius 2 is 1.87 bits per heavy atom. The van der Waals surface area contributed by atoms with Crippen LogP contribution in [0.5, 0.6) is 5.75 Å². The number of ether oxygens (including phenoxy) is 1. The zero-order valence-electron chi connectivity index (χ0n) is 16.4. The zero-order chi connectivity index (χ0) is 21.4. The summed E-state index contributed by atoms with van der Waals surface area (Å²) in [6, 6.07) is 20.4. The van der Waals surface area contributed by atoms with Crippen molar-refractivity contribution in [3.8, 4) is 17.1 Å². The number of hydrogen-bond acceptors (Lipinski definition) is 6. The van der Waals surface area contributed by atoms with Gasteiger partial charge in [-0.3, -0.25) is 4.79 Å². The fourth-order valence-electron chi connectivity index (χ4n) is 3.26. The van der Waals surface area contributed by atoms with Crippen LogP contribution < -0.4 is 9.64 Å². The molecule has 0 spiro atoms. The summed E-state index contributed by atoms with van der Waals surface area (Å²) < 4.78 is 11.0. The molecule has 0 bridgehead atoms. The number of halogens is 1. The van der Waals surface area contributed by atoms with Crippen LogP contribution in [0.15, 0.2) is 81.0 Å². The second-order valence-corrected chi connectivity index (χ2v) is 8.42. The van der Waals surface area contributed by atoms with Crippen molar-refractivity contribution < 1.29 is 14.1 Å². The molecule has 1 aliphatic rings. The van der Waals surface area contributed by atoms with Crippen LogP contribution in [-0.2, 0) is 6.61 Å². The predicted molar refractivity (Wildman–Crippen MR) is 119 cm³/mol. The van der Waals surface area contributed by atoms with Crippen LogP contribution in [0.25, 0.3) is 11.4 Å². The second kappa shape index (κ2) is 8.09. The van der Waals surface area contributed by atoms with Gasteiger partial charge in [0.2, 0.25) is 5.82 Å². The summed E-state index contributed by atoms with van der Waals surface area (Å²) in [6.45, 7) is 0.152. The first-order valence-electron chi connectivity index (χ1n) is 9.49. The fourth-order valence-corrected chi connectivity index (χ4v) is 4.53. The minimum atomic E-state index is -0.0317. The summed E-state index contributed by atoms with van der Waals surface area (Å²) in [5, 5.41) is 4.73. The normalized spacial score (nSPS) is 12.8. The topological polar surface area (TPSA) is 68.5 Å². The molecule has 5 rings (SSSR count). The van der Waals surface area contributed by atoms with Crippen molar-refractivity contribution in [1.82, 2.24) is 10.1 Å². The molecule has 0 unspecified atom stereocenters. The summed E-state index contributed by atoms with van der Waals surface area (Å²) in [5.41, 5.74) is 2.33. The number of nitrogens with zero attached hydrogens (tertiary/aromatic N) is 3. The lowest BCUT2D eigenvalue weighted by atomic mass is 10.1. The highest BCUT2D eigenvalue weighted by Crippen LogP contribution is 2.42. The number of anilines is 1. The van der Waals surface area contributed by atoms with Gasteiger partial charge in [0.25, 0.3) is 11.8 Å². The highest BCUT2D eigenvalue weighted by atomic mass is 35.5. The van der Waals surface area contributed by atoms with Gasteiger partial charge in [-0.05, 0) is 54.6 Å². The van der Waals surface area contributed by atoms with Gasteiger partial charge in [0.1, 0.15) is 5.75 Å². The van der Waals surface area contributed by atoms with Crippen molar-refractivity contribution in [3.05, 3.63) is 83.2 Å². The van der Waals surface area contributed by atoms with Crippen molar-refractivity contribution in [2.24, 2.45) is 0 Å². The Kier molecular flexibility index (Phi) is 5.13. The van der Waals surface area contributed by atoms with Crippen LogP contribution in [0.3, 0.4) is 0 Å². The van der Waals surface area contributed by atoms with E-state index >= 15 is 0 Å². The molecule has 0 fully saturated rings. The molecule has 4 aromatic rings. The lowest BCUT2D eigenvalue weighted by Crippen LogP contribution is -2.25. The van der Waals surface area contributed by atoms with Gasteiger partial charge in [0.05, 0.1) is 11.3 Å². The number of aromatic nitrogens is 2. The molecule has 2 heterocycles. The minimum absolute atomic E-state index is 0.0317. The molecule has 154 valence electrons. The van der Waals surface area contributed by atoms with Crippen LogP contribution in [-0.4, -0.2) is 23.1 Å². The van der Waals surface area contributed by atoms with Crippen molar-refractivity contribution >= 4 is 35.0 Å². The van der Waals surface area contributed by atoms with E-state index in [0.29, 0.717) is 28.1 Å². The van der Waals surface area contributed by atoms with Gasteiger partial charge in [-0.1, -0.05) is 40.7 Å². The number of benzene rings is 3. The first-order chi connectivity index (χ1) is 15.1. The summed E-state index contributed by atoms with van der Waals surface area (Å²) in [5.74, 6) is 1.46. The zero-order valence-corrected chi connectivity index (χ0v) is 18.0. The highest BCUT2D eigenvalue weighted by Gasteiger charge is 2.25. The molecule has 0 saturated heterocycles. The Morgan fingerprint density at radius 1 is 1.06 bits per heavy atom. The van der Waals surface area contributed by atoms with Crippen LogP contribution in [0, 0.1) is 0 Å². The highest BCUT2D eigenvalue weighted by molar-refractivity contribution is 7.99. The lowest BCUT2D eigenvalue weighted by molar-refractivity contribution is 0.0990. The van der Waals surface area contributed by atoms with Gasteiger partial charge in [-0.25, -0.2) is 0 Å². The largest absolute Gasteiger partial charge is 0.484 e. The van der Waals surface area contributed by atoms with Crippen LogP contribution in [0.4, 0.5) is 5.69 Å². The van der Waals surface area contributed by atoms with E-state index in [0.717, 1.165) is 21.0 Å². The van der Waals surface area contributed by atoms with Crippen LogP contribution in [0.1, 0.15) is 16.2 Å². The Hall–Kier alpha value is -3.29. The number of rotatable bonds is 4. The third-order valence-corrected chi connectivity index (χ3v) is 6.24. The van der Waals surface area contributed by atoms with E-state index in [1.807, 2.05) is 42.5 Å². The molecule has 1 amide bonds. The van der Waals surface area contributed by atoms with Gasteiger partial charge in [0, 0.05) is 27.4 Å². The van der Waals surface area contributed by atoms with Gasteiger partial charge in [-0.15, -0.1) is 0 Å². The lowest BCUT2D eigenvalue weighted by Gasteiger charge is -2.17. The van der Waals surface area contributed by atoms with E-state index in [1.54, 1.807) is 48.0 Å².